The summed E-state index contributed by atoms with van der Waals surface area (Å²) in [6, 6.07) is 8.62. The van der Waals surface area contributed by atoms with Crippen molar-refractivity contribution in [2.24, 2.45) is 18.4 Å². The maximum Gasteiger partial charge on any atom is 0.306 e. The van der Waals surface area contributed by atoms with Gasteiger partial charge in [0, 0.05) is 34.6 Å². The summed E-state index contributed by atoms with van der Waals surface area (Å²) in [7, 11) is 1.91. The predicted molar refractivity (Wildman–Crippen MR) is 129 cm³/mol. The molecule has 7 heteroatoms. The highest BCUT2D eigenvalue weighted by atomic mass is 32.1. The zero-order valence-corrected chi connectivity index (χ0v) is 20.0. The van der Waals surface area contributed by atoms with E-state index in [4.69, 9.17) is 5.11 Å². The van der Waals surface area contributed by atoms with Crippen LogP contribution < -0.4 is 5.32 Å². The second-order valence-electron chi connectivity index (χ2n) is 9.87. The molecule has 172 valence electrons. The third-order valence-electron chi connectivity index (χ3n) is 7.39. The number of benzene rings is 1. The molecule has 0 radical (unpaired) electrons. The maximum absolute atomic E-state index is 13.2. The summed E-state index contributed by atoms with van der Waals surface area (Å²) in [5.74, 6) is -0.872. The second-order valence-corrected chi connectivity index (χ2v) is 11.3. The van der Waals surface area contributed by atoms with Crippen molar-refractivity contribution in [2.75, 3.05) is 0 Å². The van der Waals surface area contributed by atoms with Crippen molar-refractivity contribution in [1.29, 1.82) is 0 Å². The fraction of sp³-hybridized carbons (Fsp3) is 0.423. The highest BCUT2D eigenvalue weighted by Crippen LogP contribution is 2.58. The Balaban J connectivity index is 1.26. The summed E-state index contributed by atoms with van der Waals surface area (Å²) in [4.78, 5) is 26.6. The molecule has 0 unspecified atom stereocenters. The number of hydrogen-bond donors (Lipinski definition) is 2. The van der Waals surface area contributed by atoms with Crippen molar-refractivity contribution in [1.82, 2.24) is 15.1 Å². The molecule has 33 heavy (non-hydrogen) atoms. The highest BCUT2D eigenvalue weighted by Gasteiger charge is 2.55. The van der Waals surface area contributed by atoms with Crippen LogP contribution in [0.3, 0.4) is 0 Å². The lowest BCUT2D eigenvalue weighted by Crippen LogP contribution is -2.57. The van der Waals surface area contributed by atoms with Gasteiger partial charge < -0.3 is 10.4 Å². The lowest BCUT2D eigenvalue weighted by molar-refractivity contribution is -0.155. The standard InChI is InChI=1S/C26H29N3O3S/c1-15-22(8-17-4-6-18(7-5-17)20-13-27-29(3)14-20)23(16(2)33-15)24(30)28-21-11-26(12-21)9-19(10-26)25(31)32/h4-7,13-14,19,21H,8-12H2,1-3H3,(H,28,30)(H,31,32). The van der Waals surface area contributed by atoms with Gasteiger partial charge in [-0.3, -0.25) is 14.3 Å². The van der Waals surface area contributed by atoms with Gasteiger partial charge in [0.1, 0.15) is 0 Å². The van der Waals surface area contributed by atoms with Gasteiger partial charge >= 0.3 is 5.97 Å². The van der Waals surface area contributed by atoms with Crippen LogP contribution in [-0.4, -0.2) is 32.8 Å². The van der Waals surface area contributed by atoms with Crippen LogP contribution in [0.1, 0.15) is 56.9 Å². The molecule has 3 aromatic rings. The van der Waals surface area contributed by atoms with E-state index in [1.807, 2.05) is 26.4 Å². The first-order valence-corrected chi connectivity index (χ1v) is 12.3. The molecule has 1 amide bonds. The van der Waals surface area contributed by atoms with Crippen LogP contribution in [0.5, 0.6) is 0 Å². The Kier molecular flexibility index (Phi) is 5.40. The molecule has 0 atom stereocenters. The molecule has 2 heterocycles. The molecule has 0 aliphatic heterocycles. The van der Waals surface area contributed by atoms with Crippen molar-refractivity contribution >= 4 is 23.2 Å². The third-order valence-corrected chi connectivity index (χ3v) is 8.45. The van der Waals surface area contributed by atoms with E-state index in [0.29, 0.717) is 0 Å². The maximum atomic E-state index is 13.2. The zero-order chi connectivity index (χ0) is 23.3. The number of amides is 1. The number of hydrogen-bond acceptors (Lipinski definition) is 4. The lowest BCUT2D eigenvalue weighted by atomic mass is 9.50. The Morgan fingerprint density at radius 1 is 1.12 bits per heavy atom. The van der Waals surface area contributed by atoms with Crippen LogP contribution in [0.4, 0.5) is 0 Å². The number of carbonyl (C=O) groups is 2. The summed E-state index contributed by atoms with van der Waals surface area (Å²) < 4.78 is 1.80. The van der Waals surface area contributed by atoms with Gasteiger partial charge in [-0.05, 0) is 68.1 Å². The summed E-state index contributed by atoms with van der Waals surface area (Å²) in [6.07, 6.45) is 7.89. The van der Waals surface area contributed by atoms with Crippen LogP contribution in [0.2, 0.25) is 0 Å². The zero-order valence-electron chi connectivity index (χ0n) is 19.2. The largest absolute Gasteiger partial charge is 0.481 e. The van der Waals surface area contributed by atoms with E-state index < -0.39 is 5.97 Å². The van der Waals surface area contributed by atoms with Crippen LogP contribution in [0, 0.1) is 25.2 Å². The van der Waals surface area contributed by atoms with Gasteiger partial charge in [0.05, 0.1) is 17.7 Å². The molecule has 0 bridgehead atoms. The van der Waals surface area contributed by atoms with E-state index in [0.717, 1.165) is 59.2 Å². The Hall–Kier alpha value is -2.93. The monoisotopic (exact) mass is 463 g/mol. The number of nitrogens with zero attached hydrogens (tertiary/aromatic N) is 2. The third kappa shape index (κ3) is 4.10. The van der Waals surface area contributed by atoms with Crippen LogP contribution in [0.25, 0.3) is 11.1 Å². The number of carboxylic acids is 1. The first kappa shape index (κ1) is 21.9. The molecule has 2 saturated carbocycles. The molecule has 1 spiro atoms. The van der Waals surface area contributed by atoms with Crippen molar-refractivity contribution in [3.63, 3.8) is 0 Å². The molecule has 6 nitrogen and oxygen atoms in total. The minimum absolute atomic E-state index is 0.00721. The van der Waals surface area contributed by atoms with Gasteiger partial charge in [-0.1, -0.05) is 24.3 Å². The molecule has 0 saturated heterocycles. The topological polar surface area (TPSA) is 84.2 Å². The van der Waals surface area contributed by atoms with Gasteiger partial charge in [0.25, 0.3) is 5.91 Å². The fourth-order valence-electron chi connectivity index (χ4n) is 5.67. The molecule has 2 aliphatic rings. The van der Waals surface area contributed by atoms with Crippen molar-refractivity contribution in [3.05, 3.63) is 63.1 Å². The molecular formula is C26H29N3O3S. The van der Waals surface area contributed by atoms with E-state index in [1.54, 1.807) is 16.0 Å². The molecule has 2 aliphatic carbocycles. The Labute approximate surface area is 197 Å². The number of aromatic nitrogens is 2. The Bertz CT molecular complexity index is 1210. The highest BCUT2D eigenvalue weighted by molar-refractivity contribution is 7.12. The van der Waals surface area contributed by atoms with Crippen molar-refractivity contribution < 1.29 is 14.7 Å². The number of carbonyl (C=O) groups excluding carboxylic acids is 1. The first-order chi connectivity index (χ1) is 15.7. The van der Waals surface area contributed by atoms with Crippen LogP contribution >= 0.6 is 11.3 Å². The summed E-state index contributed by atoms with van der Waals surface area (Å²) in [6.45, 7) is 4.11. The molecular weight excluding hydrogens is 434 g/mol. The second kappa shape index (κ2) is 8.13. The van der Waals surface area contributed by atoms with E-state index in [-0.39, 0.29) is 23.3 Å². The minimum Gasteiger partial charge on any atom is -0.481 e. The number of thiophene rings is 1. The lowest BCUT2D eigenvalue weighted by Gasteiger charge is -2.56. The molecule has 5 rings (SSSR count). The van der Waals surface area contributed by atoms with E-state index in [1.165, 1.54) is 10.4 Å². The predicted octanol–water partition coefficient (Wildman–Crippen LogP) is 4.73. The van der Waals surface area contributed by atoms with Crippen molar-refractivity contribution in [2.45, 2.75) is 52.0 Å². The summed E-state index contributed by atoms with van der Waals surface area (Å²) in [5, 5.41) is 16.6. The molecule has 2 aromatic heterocycles. The number of aliphatic carboxylic acids is 1. The number of nitrogens with one attached hydrogen (secondary N) is 1. The smallest absolute Gasteiger partial charge is 0.306 e. The average molecular weight is 464 g/mol. The molecule has 1 aromatic carbocycles. The van der Waals surface area contributed by atoms with Gasteiger partial charge in [0.2, 0.25) is 0 Å². The van der Waals surface area contributed by atoms with E-state index in [9.17, 15) is 9.59 Å². The van der Waals surface area contributed by atoms with Gasteiger partial charge in [-0.2, -0.15) is 5.10 Å². The Morgan fingerprint density at radius 3 is 2.42 bits per heavy atom. The van der Waals surface area contributed by atoms with Crippen LogP contribution in [-0.2, 0) is 18.3 Å². The van der Waals surface area contributed by atoms with Gasteiger partial charge in [0.15, 0.2) is 0 Å². The molecule has 2 fully saturated rings. The average Bonchev–Trinajstić information content (AvgIpc) is 3.25. The van der Waals surface area contributed by atoms with Crippen LogP contribution in [0.15, 0.2) is 36.7 Å². The van der Waals surface area contributed by atoms with E-state index in [2.05, 4.69) is 41.6 Å². The SMILES string of the molecule is Cc1sc(C)c(C(=O)NC2CC3(C2)CC(C(=O)O)C3)c1Cc1ccc(-c2cnn(C)c2)cc1. The minimum atomic E-state index is -0.685. The van der Waals surface area contributed by atoms with E-state index >= 15 is 0 Å². The number of aryl methyl sites for hydroxylation is 3. The van der Waals surface area contributed by atoms with Crippen molar-refractivity contribution in [3.8, 4) is 11.1 Å². The number of rotatable bonds is 6. The Morgan fingerprint density at radius 2 is 1.82 bits per heavy atom. The van der Waals surface area contributed by atoms with Gasteiger partial charge in [-0.25, -0.2) is 0 Å². The quantitative estimate of drug-likeness (QED) is 0.554. The fourth-order valence-corrected chi connectivity index (χ4v) is 6.74. The summed E-state index contributed by atoms with van der Waals surface area (Å²) >= 11 is 1.68. The molecule has 2 N–H and O–H groups in total. The normalized spacial score (nSPS) is 23.7. The number of carboxylic acid groups (broad SMARTS) is 1. The summed E-state index contributed by atoms with van der Waals surface area (Å²) in [5.41, 5.74) is 5.46. The van der Waals surface area contributed by atoms with Gasteiger partial charge in [-0.15, -0.1) is 11.3 Å². The first-order valence-electron chi connectivity index (χ1n) is 11.4.